The molecule has 1 fully saturated rings. The minimum absolute atomic E-state index is 0. The van der Waals surface area contributed by atoms with Crippen LogP contribution in [0.15, 0.2) is 29.3 Å². The lowest BCUT2D eigenvalue weighted by atomic mass is 10.1. The summed E-state index contributed by atoms with van der Waals surface area (Å²) in [6.45, 7) is 1.82. The highest BCUT2D eigenvalue weighted by Gasteiger charge is 2.21. The Bertz CT molecular complexity index is 503. The molecule has 130 valence electrons. The Morgan fingerprint density at radius 2 is 2.09 bits per heavy atom. The quantitative estimate of drug-likeness (QED) is 0.395. The van der Waals surface area contributed by atoms with Crippen LogP contribution in [0.2, 0.25) is 0 Å². The number of likely N-dealkylation sites (N-methyl/N-ethyl adjacent to an activating group) is 1. The van der Waals surface area contributed by atoms with E-state index in [0.717, 1.165) is 30.7 Å². The molecule has 0 aliphatic heterocycles. The van der Waals surface area contributed by atoms with E-state index < -0.39 is 0 Å². The van der Waals surface area contributed by atoms with Gasteiger partial charge in [-0.3, -0.25) is 4.99 Å². The van der Waals surface area contributed by atoms with E-state index in [1.54, 1.807) is 7.11 Å². The van der Waals surface area contributed by atoms with Crippen LogP contribution in [0.4, 0.5) is 0 Å². The average Bonchev–Trinajstić information content (AvgIpc) is 3.34. The highest BCUT2D eigenvalue weighted by Crippen LogP contribution is 2.27. The topological polar surface area (TPSA) is 48.9 Å². The number of aliphatic imine (C=N–C) groups is 1. The van der Waals surface area contributed by atoms with E-state index in [1.807, 2.05) is 19.2 Å². The van der Waals surface area contributed by atoms with Crippen molar-refractivity contribution in [1.29, 1.82) is 0 Å². The van der Waals surface area contributed by atoms with E-state index in [4.69, 9.17) is 4.74 Å². The van der Waals surface area contributed by atoms with Gasteiger partial charge in [0.25, 0.3) is 0 Å². The van der Waals surface area contributed by atoms with Crippen molar-refractivity contribution in [2.45, 2.75) is 18.9 Å². The van der Waals surface area contributed by atoms with Gasteiger partial charge in [0.1, 0.15) is 5.75 Å². The molecule has 0 spiro atoms. The van der Waals surface area contributed by atoms with E-state index in [-0.39, 0.29) is 30.0 Å². The zero-order valence-corrected chi connectivity index (χ0v) is 16.8. The van der Waals surface area contributed by atoms with Gasteiger partial charge in [-0.1, -0.05) is 12.1 Å². The number of hydrogen-bond donors (Lipinski definition) is 2. The van der Waals surface area contributed by atoms with Crippen LogP contribution >= 0.6 is 24.0 Å². The summed E-state index contributed by atoms with van der Waals surface area (Å²) in [5.41, 5.74) is 1.23. The summed E-state index contributed by atoms with van der Waals surface area (Å²) in [6, 6.07) is 8.49. The highest BCUT2D eigenvalue weighted by molar-refractivity contribution is 14.0. The van der Waals surface area contributed by atoms with Crippen molar-refractivity contribution in [1.82, 2.24) is 15.5 Å². The normalized spacial score (nSPS) is 15.8. The Morgan fingerprint density at radius 3 is 2.65 bits per heavy atom. The molecule has 1 atom stereocenters. The van der Waals surface area contributed by atoms with Crippen LogP contribution in [0.1, 0.15) is 24.4 Å². The smallest absolute Gasteiger partial charge is 0.191 e. The molecule has 0 heterocycles. The molecule has 0 radical (unpaired) electrons. The fourth-order valence-corrected chi connectivity index (χ4v) is 2.42. The molecule has 0 saturated heterocycles. The van der Waals surface area contributed by atoms with Crippen LogP contribution in [0.5, 0.6) is 5.75 Å². The van der Waals surface area contributed by atoms with E-state index >= 15 is 0 Å². The Morgan fingerprint density at radius 1 is 1.35 bits per heavy atom. The van der Waals surface area contributed by atoms with Crippen molar-refractivity contribution in [3.8, 4) is 5.75 Å². The largest absolute Gasteiger partial charge is 0.497 e. The Kier molecular flexibility index (Phi) is 8.68. The molecule has 1 saturated carbocycles. The van der Waals surface area contributed by atoms with Crippen LogP contribution in [-0.4, -0.2) is 52.2 Å². The Balaban J connectivity index is 0.00000264. The van der Waals surface area contributed by atoms with Crippen LogP contribution in [0, 0.1) is 5.92 Å². The predicted molar refractivity (Wildman–Crippen MR) is 107 cm³/mol. The lowest BCUT2D eigenvalue weighted by Crippen LogP contribution is -2.42. The number of ether oxygens (including phenoxy) is 1. The summed E-state index contributed by atoms with van der Waals surface area (Å²) in [5.74, 6) is 2.60. The van der Waals surface area contributed by atoms with E-state index in [1.165, 1.54) is 18.4 Å². The summed E-state index contributed by atoms with van der Waals surface area (Å²) < 4.78 is 5.33. The molecule has 23 heavy (non-hydrogen) atoms. The number of guanidine groups is 1. The number of rotatable bonds is 7. The molecule has 1 unspecified atom stereocenters. The summed E-state index contributed by atoms with van der Waals surface area (Å²) in [5, 5.41) is 6.82. The third-order valence-corrected chi connectivity index (χ3v) is 4.04. The zero-order chi connectivity index (χ0) is 15.9. The Labute approximate surface area is 156 Å². The number of nitrogens with one attached hydrogen (secondary N) is 2. The molecule has 5 nitrogen and oxygen atoms in total. The van der Waals surface area contributed by atoms with Crippen LogP contribution in [0.3, 0.4) is 0 Å². The molecule has 2 N–H and O–H groups in total. The molecule has 0 amide bonds. The molecular weight excluding hydrogens is 403 g/mol. The van der Waals surface area contributed by atoms with Gasteiger partial charge in [-0.2, -0.15) is 0 Å². The standard InChI is InChI=1S/C17H28N4O.HI/c1-18-17(19-11-13-8-9-13)20-12-16(21(2)3)14-6-5-7-15(10-14)22-4;/h5-7,10,13,16H,8-9,11-12H2,1-4H3,(H2,18,19,20);1H. The summed E-state index contributed by atoms with van der Waals surface area (Å²) >= 11 is 0. The summed E-state index contributed by atoms with van der Waals surface area (Å²) in [7, 11) is 7.70. The van der Waals surface area contributed by atoms with E-state index in [2.05, 4.69) is 46.8 Å². The van der Waals surface area contributed by atoms with Crippen LogP contribution < -0.4 is 15.4 Å². The zero-order valence-electron chi connectivity index (χ0n) is 14.5. The van der Waals surface area contributed by atoms with Gasteiger partial charge in [-0.15, -0.1) is 24.0 Å². The second kappa shape index (κ2) is 9.97. The minimum Gasteiger partial charge on any atom is -0.497 e. The maximum Gasteiger partial charge on any atom is 0.191 e. The first-order chi connectivity index (χ1) is 10.6. The number of benzene rings is 1. The molecule has 1 aliphatic rings. The van der Waals surface area contributed by atoms with Crippen LogP contribution in [-0.2, 0) is 0 Å². The molecule has 2 rings (SSSR count). The van der Waals surface area contributed by atoms with Gasteiger partial charge in [0.2, 0.25) is 0 Å². The third kappa shape index (κ3) is 6.55. The SMILES string of the molecule is CN=C(NCC1CC1)NCC(c1cccc(OC)c1)N(C)C.I. The van der Waals surface area contributed by atoms with Gasteiger partial charge >= 0.3 is 0 Å². The van der Waals surface area contributed by atoms with Gasteiger partial charge in [-0.05, 0) is 50.6 Å². The maximum absolute atomic E-state index is 5.33. The van der Waals surface area contributed by atoms with E-state index in [0.29, 0.717) is 0 Å². The molecular formula is C17H29IN4O. The van der Waals surface area contributed by atoms with Crippen molar-refractivity contribution in [3.05, 3.63) is 29.8 Å². The first-order valence-corrected chi connectivity index (χ1v) is 7.89. The van der Waals surface area contributed by atoms with Gasteiger partial charge in [0.05, 0.1) is 13.2 Å². The molecule has 6 heteroatoms. The second-order valence-corrected chi connectivity index (χ2v) is 6.03. The van der Waals surface area contributed by atoms with Crippen molar-refractivity contribution >= 4 is 29.9 Å². The lowest BCUT2D eigenvalue weighted by Gasteiger charge is -2.26. The number of methoxy groups -OCH3 is 1. The van der Waals surface area contributed by atoms with E-state index in [9.17, 15) is 0 Å². The monoisotopic (exact) mass is 432 g/mol. The van der Waals surface area contributed by atoms with Gasteiger partial charge in [0, 0.05) is 20.1 Å². The number of nitrogens with zero attached hydrogens (tertiary/aromatic N) is 2. The lowest BCUT2D eigenvalue weighted by molar-refractivity contribution is 0.297. The summed E-state index contributed by atoms with van der Waals surface area (Å²) in [6.07, 6.45) is 2.68. The fraction of sp³-hybridized carbons (Fsp3) is 0.588. The van der Waals surface area contributed by atoms with Crippen molar-refractivity contribution in [2.75, 3.05) is 41.3 Å². The molecule has 0 aromatic heterocycles. The molecule has 1 aromatic carbocycles. The number of hydrogen-bond acceptors (Lipinski definition) is 3. The Hall–Kier alpha value is -1.02. The molecule has 1 aromatic rings. The fourth-order valence-electron chi connectivity index (χ4n) is 2.42. The minimum atomic E-state index is 0. The molecule has 0 bridgehead atoms. The van der Waals surface area contributed by atoms with Crippen molar-refractivity contribution < 1.29 is 4.74 Å². The van der Waals surface area contributed by atoms with Gasteiger partial charge in [-0.25, -0.2) is 0 Å². The maximum atomic E-state index is 5.33. The summed E-state index contributed by atoms with van der Waals surface area (Å²) in [4.78, 5) is 6.50. The van der Waals surface area contributed by atoms with Gasteiger partial charge < -0.3 is 20.3 Å². The number of halogens is 1. The average molecular weight is 432 g/mol. The van der Waals surface area contributed by atoms with Crippen molar-refractivity contribution in [2.24, 2.45) is 10.9 Å². The van der Waals surface area contributed by atoms with Crippen LogP contribution in [0.25, 0.3) is 0 Å². The van der Waals surface area contributed by atoms with Crippen molar-refractivity contribution in [3.63, 3.8) is 0 Å². The van der Waals surface area contributed by atoms with Gasteiger partial charge in [0.15, 0.2) is 5.96 Å². The predicted octanol–water partition coefficient (Wildman–Crippen LogP) is 2.49. The second-order valence-electron chi connectivity index (χ2n) is 6.03. The first kappa shape index (κ1) is 20.0. The third-order valence-electron chi connectivity index (χ3n) is 4.04. The molecule has 1 aliphatic carbocycles. The first-order valence-electron chi connectivity index (χ1n) is 7.89. The highest BCUT2D eigenvalue weighted by atomic mass is 127.